The molecule has 2 fully saturated rings. The molecule has 1 amide bonds. The summed E-state index contributed by atoms with van der Waals surface area (Å²) in [6.07, 6.45) is 5.30. The van der Waals surface area contributed by atoms with Crippen LogP contribution in [-0.4, -0.2) is 38.0 Å². The normalized spacial score (nSPS) is 19.4. The Kier molecular flexibility index (Phi) is 4.64. The van der Waals surface area contributed by atoms with Gasteiger partial charge in [-0.1, -0.05) is 0 Å². The van der Waals surface area contributed by atoms with E-state index in [0.29, 0.717) is 37.5 Å². The first kappa shape index (κ1) is 19.0. The van der Waals surface area contributed by atoms with Crippen molar-refractivity contribution in [2.45, 2.75) is 38.3 Å². The van der Waals surface area contributed by atoms with E-state index in [1.807, 2.05) is 12.1 Å². The number of carbonyl (C=O) groups is 1. The van der Waals surface area contributed by atoms with Crippen LogP contribution in [0, 0.1) is 17.6 Å². The molecule has 8 heteroatoms. The van der Waals surface area contributed by atoms with Crippen LogP contribution in [0.5, 0.6) is 0 Å². The molecule has 5 rings (SSSR count). The maximum atomic E-state index is 14.1. The fourth-order valence-corrected chi connectivity index (χ4v) is 4.35. The summed E-state index contributed by atoms with van der Waals surface area (Å²) in [6, 6.07) is 6.34. The second-order valence-corrected chi connectivity index (χ2v) is 8.22. The van der Waals surface area contributed by atoms with Gasteiger partial charge in [0.15, 0.2) is 5.65 Å². The van der Waals surface area contributed by atoms with E-state index in [4.69, 9.17) is 0 Å². The van der Waals surface area contributed by atoms with Crippen LogP contribution in [0.15, 0.2) is 41.3 Å². The lowest BCUT2D eigenvalue weighted by molar-refractivity contribution is 0.0673. The number of benzene rings is 1. The molecule has 2 aliphatic rings. The number of amides is 1. The minimum absolute atomic E-state index is 0.119. The van der Waals surface area contributed by atoms with Crippen molar-refractivity contribution < 1.29 is 13.6 Å². The molecule has 0 radical (unpaired) electrons. The molecule has 1 saturated heterocycles. The second kappa shape index (κ2) is 7.34. The first-order chi connectivity index (χ1) is 14.5. The van der Waals surface area contributed by atoms with E-state index in [2.05, 4.69) is 4.98 Å². The molecule has 1 atom stereocenters. The highest BCUT2D eigenvalue weighted by atomic mass is 19.1. The van der Waals surface area contributed by atoms with Crippen LogP contribution in [0.2, 0.25) is 0 Å². The Morgan fingerprint density at radius 1 is 1.17 bits per heavy atom. The molecule has 0 spiro atoms. The molecule has 0 N–H and O–H groups in total. The van der Waals surface area contributed by atoms with E-state index >= 15 is 0 Å². The lowest BCUT2D eigenvalue weighted by Crippen LogP contribution is -2.43. The fraction of sp³-hybridized carbons (Fsp3) is 0.409. The minimum atomic E-state index is -0.747. The maximum absolute atomic E-state index is 14.1. The van der Waals surface area contributed by atoms with Gasteiger partial charge < -0.3 is 4.90 Å². The second-order valence-electron chi connectivity index (χ2n) is 8.22. The lowest BCUT2D eigenvalue weighted by atomic mass is 10.0. The summed E-state index contributed by atoms with van der Waals surface area (Å²) in [5.74, 6) is -1.43. The van der Waals surface area contributed by atoms with Gasteiger partial charge in [-0.3, -0.25) is 13.9 Å². The lowest BCUT2D eigenvalue weighted by Gasteiger charge is -2.33. The monoisotopic (exact) mass is 412 g/mol. The average Bonchev–Trinajstić information content (AvgIpc) is 3.53. The highest BCUT2D eigenvalue weighted by Crippen LogP contribution is 2.32. The predicted molar refractivity (Wildman–Crippen MR) is 107 cm³/mol. The SMILES string of the molecule is O=C(c1cc(F)ccc1F)N1CCC[C@H](n2c(=O)n(CC3CC3)c3cccnc32)C1. The molecule has 2 aromatic heterocycles. The maximum Gasteiger partial charge on any atom is 0.330 e. The van der Waals surface area contributed by atoms with Crippen LogP contribution in [0.25, 0.3) is 11.2 Å². The van der Waals surface area contributed by atoms with Crippen LogP contribution in [0.4, 0.5) is 8.78 Å². The van der Waals surface area contributed by atoms with Crippen molar-refractivity contribution in [1.29, 1.82) is 0 Å². The van der Waals surface area contributed by atoms with Gasteiger partial charge in [0.2, 0.25) is 0 Å². The summed E-state index contributed by atoms with van der Waals surface area (Å²) < 4.78 is 31.1. The summed E-state index contributed by atoms with van der Waals surface area (Å²) in [5, 5.41) is 0. The Hall–Kier alpha value is -3.03. The van der Waals surface area contributed by atoms with Crippen LogP contribution in [0.1, 0.15) is 42.1 Å². The predicted octanol–water partition coefficient (Wildman–Crippen LogP) is 3.36. The van der Waals surface area contributed by atoms with Gasteiger partial charge in [-0.05, 0) is 61.9 Å². The Balaban J connectivity index is 1.49. The molecular formula is C22H22F2N4O2. The third kappa shape index (κ3) is 3.30. The molecule has 1 aromatic carbocycles. The summed E-state index contributed by atoms with van der Waals surface area (Å²) >= 11 is 0. The third-order valence-electron chi connectivity index (χ3n) is 6.07. The zero-order chi connectivity index (χ0) is 20.8. The van der Waals surface area contributed by atoms with Crippen molar-refractivity contribution in [3.8, 4) is 0 Å². The summed E-state index contributed by atoms with van der Waals surface area (Å²) in [6.45, 7) is 1.37. The average molecular weight is 412 g/mol. The highest BCUT2D eigenvalue weighted by Gasteiger charge is 2.31. The number of aromatic nitrogens is 3. The number of rotatable bonds is 4. The van der Waals surface area contributed by atoms with E-state index in [1.165, 1.54) is 4.90 Å². The first-order valence-electron chi connectivity index (χ1n) is 10.3. The quantitative estimate of drug-likeness (QED) is 0.660. The van der Waals surface area contributed by atoms with Crippen molar-refractivity contribution in [2.24, 2.45) is 5.92 Å². The number of fused-ring (bicyclic) bond motifs is 1. The number of pyridine rings is 1. The summed E-state index contributed by atoms with van der Waals surface area (Å²) in [5.41, 5.74) is 1.01. The summed E-state index contributed by atoms with van der Waals surface area (Å²) in [4.78, 5) is 32.1. The number of likely N-dealkylation sites (tertiary alicyclic amines) is 1. The molecule has 6 nitrogen and oxygen atoms in total. The standard InChI is InChI=1S/C22H22F2N4O2/c23-15-7-8-18(24)17(11-15)21(29)26-10-2-3-16(13-26)28-20-19(4-1-9-25-20)27(22(28)30)12-14-5-6-14/h1,4,7-9,11,14,16H,2-3,5-6,10,12-13H2/t16-/m0/s1. The van der Waals surface area contributed by atoms with Crippen molar-refractivity contribution in [1.82, 2.24) is 19.0 Å². The number of carbonyl (C=O) groups excluding carboxylic acids is 1. The van der Waals surface area contributed by atoms with Crippen LogP contribution in [0.3, 0.4) is 0 Å². The molecule has 1 saturated carbocycles. The molecule has 3 heterocycles. The molecule has 1 aliphatic heterocycles. The van der Waals surface area contributed by atoms with E-state index < -0.39 is 17.5 Å². The van der Waals surface area contributed by atoms with Gasteiger partial charge in [-0.2, -0.15) is 0 Å². The van der Waals surface area contributed by atoms with E-state index in [-0.39, 0.29) is 23.8 Å². The van der Waals surface area contributed by atoms with Gasteiger partial charge in [0.1, 0.15) is 11.6 Å². The Bertz CT molecular complexity index is 1180. The minimum Gasteiger partial charge on any atom is -0.336 e. The van der Waals surface area contributed by atoms with E-state index in [0.717, 1.165) is 36.6 Å². The van der Waals surface area contributed by atoms with Gasteiger partial charge in [-0.25, -0.2) is 18.6 Å². The van der Waals surface area contributed by atoms with Crippen molar-refractivity contribution in [3.05, 3.63) is 64.2 Å². The molecule has 3 aromatic rings. The fourth-order valence-electron chi connectivity index (χ4n) is 4.35. The molecular weight excluding hydrogens is 390 g/mol. The van der Waals surface area contributed by atoms with Gasteiger partial charge >= 0.3 is 5.69 Å². The topological polar surface area (TPSA) is 60.1 Å². The van der Waals surface area contributed by atoms with E-state index in [9.17, 15) is 18.4 Å². The third-order valence-corrected chi connectivity index (χ3v) is 6.07. The van der Waals surface area contributed by atoms with Gasteiger partial charge in [0, 0.05) is 25.8 Å². The van der Waals surface area contributed by atoms with Crippen LogP contribution in [-0.2, 0) is 6.54 Å². The molecule has 30 heavy (non-hydrogen) atoms. The molecule has 0 unspecified atom stereocenters. The summed E-state index contributed by atoms with van der Waals surface area (Å²) in [7, 11) is 0. The van der Waals surface area contributed by atoms with Crippen molar-refractivity contribution in [2.75, 3.05) is 13.1 Å². The number of hydrogen-bond donors (Lipinski definition) is 0. The number of halogens is 2. The smallest absolute Gasteiger partial charge is 0.330 e. The van der Waals surface area contributed by atoms with Crippen LogP contribution < -0.4 is 5.69 Å². The zero-order valence-electron chi connectivity index (χ0n) is 16.4. The van der Waals surface area contributed by atoms with Gasteiger partial charge in [0.25, 0.3) is 5.91 Å². The number of hydrogen-bond acceptors (Lipinski definition) is 3. The molecule has 0 bridgehead atoms. The van der Waals surface area contributed by atoms with Crippen LogP contribution >= 0.6 is 0 Å². The molecule has 156 valence electrons. The number of imidazole rings is 1. The number of nitrogens with zero attached hydrogens (tertiary/aromatic N) is 4. The Labute approximate surface area is 171 Å². The van der Waals surface area contributed by atoms with E-state index in [1.54, 1.807) is 15.3 Å². The zero-order valence-corrected chi connectivity index (χ0v) is 16.4. The number of piperidine rings is 1. The Morgan fingerprint density at radius 3 is 2.80 bits per heavy atom. The Morgan fingerprint density at radius 2 is 2.00 bits per heavy atom. The molecule has 1 aliphatic carbocycles. The largest absolute Gasteiger partial charge is 0.336 e. The highest BCUT2D eigenvalue weighted by molar-refractivity contribution is 5.94. The van der Waals surface area contributed by atoms with Gasteiger partial charge in [-0.15, -0.1) is 0 Å². The first-order valence-corrected chi connectivity index (χ1v) is 10.3. The van der Waals surface area contributed by atoms with Gasteiger partial charge in [0.05, 0.1) is 17.1 Å². The van der Waals surface area contributed by atoms with Crippen molar-refractivity contribution in [3.63, 3.8) is 0 Å². The van der Waals surface area contributed by atoms with Crippen molar-refractivity contribution >= 4 is 17.1 Å².